The zero-order chi connectivity index (χ0) is 20.5. The van der Waals surface area contributed by atoms with E-state index < -0.39 is 10.0 Å². The number of ether oxygens (including phenoxy) is 2. The molecule has 29 heavy (non-hydrogen) atoms. The van der Waals surface area contributed by atoms with Gasteiger partial charge in [0, 0.05) is 6.20 Å². The van der Waals surface area contributed by atoms with Crippen LogP contribution in [0.2, 0.25) is 0 Å². The summed E-state index contributed by atoms with van der Waals surface area (Å²) in [5, 5.41) is 0. The maximum absolute atomic E-state index is 12.8. The summed E-state index contributed by atoms with van der Waals surface area (Å²) >= 11 is 0. The molecule has 2 aromatic carbocycles. The summed E-state index contributed by atoms with van der Waals surface area (Å²) < 4.78 is 39.4. The minimum atomic E-state index is -3.81. The monoisotopic (exact) mass is 412 g/mol. The van der Waals surface area contributed by atoms with Crippen molar-refractivity contribution in [3.8, 4) is 11.5 Å². The van der Waals surface area contributed by atoms with Crippen LogP contribution in [0.25, 0.3) is 0 Å². The number of nitrogens with one attached hydrogen (secondary N) is 1. The van der Waals surface area contributed by atoms with Crippen LogP contribution >= 0.6 is 0 Å². The molecule has 152 valence electrons. The molecule has 0 unspecified atom stereocenters. The maximum atomic E-state index is 12.8. The average Bonchev–Trinajstić information content (AvgIpc) is 2.74. The standard InChI is InChI=1S/C22H24N2O4S/c1-2-3-16-27-19-11-13-20(14-12-19)29(25,26)24-22-21(10-7-15-23-22)28-17-18-8-5-4-6-9-18/h4-15H,2-3,16-17H2,1H3,(H,23,24). The molecule has 0 aliphatic rings. The molecule has 1 aromatic heterocycles. The summed E-state index contributed by atoms with van der Waals surface area (Å²) in [7, 11) is -3.81. The molecule has 0 radical (unpaired) electrons. The first-order chi connectivity index (χ1) is 14.1. The second kappa shape index (κ2) is 9.93. The molecular weight excluding hydrogens is 388 g/mol. The second-order valence-electron chi connectivity index (χ2n) is 6.40. The molecule has 3 aromatic rings. The summed E-state index contributed by atoms with van der Waals surface area (Å²) in [4.78, 5) is 4.25. The first-order valence-electron chi connectivity index (χ1n) is 9.46. The van der Waals surface area contributed by atoms with E-state index in [4.69, 9.17) is 9.47 Å². The molecule has 0 spiro atoms. The number of nitrogens with zero attached hydrogens (tertiary/aromatic N) is 1. The van der Waals surface area contributed by atoms with Crippen LogP contribution in [0.15, 0.2) is 77.8 Å². The smallest absolute Gasteiger partial charge is 0.263 e. The Hall–Kier alpha value is -3.06. The molecule has 0 aliphatic carbocycles. The van der Waals surface area contributed by atoms with E-state index in [1.54, 1.807) is 24.3 Å². The molecule has 1 heterocycles. The van der Waals surface area contributed by atoms with E-state index in [1.165, 1.54) is 18.3 Å². The fraction of sp³-hybridized carbons (Fsp3) is 0.227. The summed E-state index contributed by atoms with van der Waals surface area (Å²) in [5.41, 5.74) is 0.976. The summed E-state index contributed by atoms with van der Waals surface area (Å²) in [6.45, 7) is 3.00. The zero-order valence-electron chi connectivity index (χ0n) is 16.2. The number of unbranched alkanes of at least 4 members (excludes halogenated alkanes) is 1. The maximum Gasteiger partial charge on any atom is 0.263 e. The van der Waals surface area contributed by atoms with E-state index in [0.29, 0.717) is 24.7 Å². The number of hydrogen-bond donors (Lipinski definition) is 1. The fourth-order valence-electron chi connectivity index (χ4n) is 2.55. The van der Waals surface area contributed by atoms with Crippen molar-refractivity contribution in [3.63, 3.8) is 0 Å². The van der Waals surface area contributed by atoms with Gasteiger partial charge in [-0.3, -0.25) is 4.72 Å². The highest BCUT2D eigenvalue weighted by Crippen LogP contribution is 2.26. The largest absolute Gasteiger partial charge is 0.494 e. The predicted octanol–water partition coefficient (Wildman–Crippen LogP) is 4.64. The van der Waals surface area contributed by atoms with Gasteiger partial charge in [-0.2, -0.15) is 0 Å². The molecule has 0 fully saturated rings. The van der Waals surface area contributed by atoms with E-state index in [9.17, 15) is 8.42 Å². The lowest BCUT2D eigenvalue weighted by atomic mass is 10.2. The van der Waals surface area contributed by atoms with Gasteiger partial charge in [0.05, 0.1) is 11.5 Å². The Morgan fingerprint density at radius 3 is 2.41 bits per heavy atom. The number of benzene rings is 2. The van der Waals surface area contributed by atoms with Gasteiger partial charge < -0.3 is 9.47 Å². The van der Waals surface area contributed by atoms with Crippen LogP contribution in [0, 0.1) is 0 Å². The lowest BCUT2D eigenvalue weighted by molar-refractivity contribution is 0.307. The average molecular weight is 413 g/mol. The number of aromatic nitrogens is 1. The van der Waals surface area contributed by atoms with E-state index in [1.807, 2.05) is 30.3 Å². The summed E-state index contributed by atoms with van der Waals surface area (Å²) in [5.74, 6) is 1.15. The van der Waals surface area contributed by atoms with Crippen molar-refractivity contribution >= 4 is 15.8 Å². The summed E-state index contributed by atoms with van der Waals surface area (Å²) in [6, 6.07) is 19.3. The van der Waals surface area contributed by atoms with Gasteiger partial charge in [0.1, 0.15) is 12.4 Å². The molecule has 0 aliphatic heterocycles. The van der Waals surface area contributed by atoms with Crippen LogP contribution in [0.1, 0.15) is 25.3 Å². The number of hydrogen-bond acceptors (Lipinski definition) is 5. The number of pyridine rings is 1. The Kier molecular flexibility index (Phi) is 7.08. The molecule has 6 nitrogen and oxygen atoms in total. The minimum absolute atomic E-state index is 0.125. The molecule has 7 heteroatoms. The topological polar surface area (TPSA) is 77.5 Å². The highest BCUT2D eigenvalue weighted by molar-refractivity contribution is 7.92. The Morgan fingerprint density at radius 2 is 1.69 bits per heavy atom. The van der Waals surface area contributed by atoms with Crippen LogP contribution in [-0.4, -0.2) is 20.0 Å². The molecule has 0 saturated heterocycles. The van der Waals surface area contributed by atoms with Crippen LogP contribution in [-0.2, 0) is 16.6 Å². The molecule has 1 N–H and O–H groups in total. The third-order valence-corrected chi connectivity index (χ3v) is 5.49. The van der Waals surface area contributed by atoms with Gasteiger partial charge in [-0.05, 0) is 48.4 Å². The van der Waals surface area contributed by atoms with Crippen LogP contribution in [0.4, 0.5) is 5.82 Å². The van der Waals surface area contributed by atoms with E-state index >= 15 is 0 Å². The van der Waals surface area contributed by atoms with Crippen molar-refractivity contribution in [1.82, 2.24) is 4.98 Å². The minimum Gasteiger partial charge on any atom is -0.494 e. The third kappa shape index (κ3) is 5.96. The quantitative estimate of drug-likeness (QED) is 0.491. The van der Waals surface area contributed by atoms with Crippen molar-refractivity contribution in [2.45, 2.75) is 31.3 Å². The Morgan fingerprint density at radius 1 is 0.931 bits per heavy atom. The summed E-state index contributed by atoms with van der Waals surface area (Å²) in [6.07, 6.45) is 3.50. The van der Waals surface area contributed by atoms with Crippen LogP contribution < -0.4 is 14.2 Å². The third-order valence-electron chi connectivity index (χ3n) is 4.14. The van der Waals surface area contributed by atoms with Gasteiger partial charge in [-0.15, -0.1) is 0 Å². The van der Waals surface area contributed by atoms with Crippen molar-refractivity contribution in [3.05, 3.63) is 78.5 Å². The van der Waals surface area contributed by atoms with Gasteiger partial charge in [-0.1, -0.05) is 43.7 Å². The number of sulfonamides is 1. The first-order valence-corrected chi connectivity index (χ1v) is 10.9. The lowest BCUT2D eigenvalue weighted by Gasteiger charge is -2.13. The lowest BCUT2D eigenvalue weighted by Crippen LogP contribution is -2.15. The van der Waals surface area contributed by atoms with Gasteiger partial charge >= 0.3 is 0 Å². The SMILES string of the molecule is CCCCOc1ccc(S(=O)(=O)Nc2ncccc2OCc2ccccc2)cc1. The molecule has 0 amide bonds. The van der Waals surface area contributed by atoms with E-state index in [0.717, 1.165) is 18.4 Å². The van der Waals surface area contributed by atoms with E-state index in [-0.39, 0.29) is 10.7 Å². The second-order valence-corrected chi connectivity index (χ2v) is 8.09. The highest BCUT2D eigenvalue weighted by Gasteiger charge is 2.17. The number of anilines is 1. The normalized spacial score (nSPS) is 11.1. The predicted molar refractivity (Wildman–Crippen MR) is 113 cm³/mol. The van der Waals surface area contributed by atoms with Gasteiger partial charge in [0.2, 0.25) is 0 Å². The van der Waals surface area contributed by atoms with Gasteiger partial charge in [-0.25, -0.2) is 13.4 Å². The Bertz CT molecular complexity index is 1010. The van der Waals surface area contributed by atoms with Crippen molar-refractivity contribution in [1.29, 1.82) is 0 Å². The van der Waals surface area contributed by atoms with Crippen LogP contribution in [0.5, 0.6) is 11.5 Å². The molecule has 0 bridgehead atoms. The van der Waals surface area contributed by atoms with Crippen molar-refractivity contribution in [2.75, 3.05) is 11.3 Å². The molecule has 0 atom stereocenters. The Balaban J connectivity index is 1.70. The van der Waals surface area contributed by atoms with Crippen LogP contribution in [0.3, 0.4) is 0 Å². The van der Waals surface area contributed by atoms with Crippen molar-refractivity contribution in [2.24, 2.45) is 0 Å². The fourth-order valence-corrected chi connectivity index (χ4v) is 3.57. The Labute approximate surface area is 171 Å². The van der Waals surface area contributed by atoms with E-state index in [2.05, 4.69) is 16.6 Å². The van der Waals surface area contributed by atoms with Gasteiger partial charge in [0.15, 0.2) is 11.6 Å². The molecule has 0 saturated carbocycles. The number of rotatable bonds is 10. The van der Waals surface area contributed by atoms with Crippen molar-refractivity contribution < 1.29 is 17.9 Å². The first kappa shape index (κ1) is 20.7. The van der Waals surface area contributed by atoms with Gasteiger partial charge in [0.25, 0.3) is 10.0 Å². The molecule has 3 rings (SSSR count). The highest BCUT2D eigenvalue weighted by atomic mass is 32.2. The molecular formula is C22H24N2O4S. The zero-order valence-corrected chi connectivity index (χ0v) is 17.1.